The van der Waals surface area contributed by atoms with Gasteiger partial charge < -0.3 is 11.1 Å². The molecule has 0 amide bonds. The summed E-state index contributed by atoms with van der Waals surface area (Å²) >= 11 is 1.80. The lowest BCUT2D eigenvalue weighted by Crippen LogP contribution is -2.45. The van der Waals surface area contributed by atoms with E-state index in [1.165, 1.54) is 15.6 Å². The lowest BCUT2D eigenvalue weighted by Gasteiger charge is -2.24. The largest absolute Gasteiger partial charge is 0.329 e. The SMILES string of the molecule is CC(C)(CN)NCc1csc2ccccc12. The molecular weight excluding hydrogens is 216 g/mol. The van der Waals surface area contributed by atoms with Crippen molar-refractivity contribution in [3.05, 3.63) is 35.2 Å². The van der Waals surface area contributed by atoms with E-state index in [4.69, 9.17) is 5.73 Å². The Morgan fingerprint density at radius 1 is 1.31 bits per heavy atom. The number of hydrogen-bond acceptors (Lipinski definition) is 3. The number of benzene rings is 1. The molecule has 3 heteroatoms. The van der Waals surface area contributed by atoms with Crippen LogP contribution in [-0.4, -0.2) is 12.1 Å². The van der Waals surface area contributed by atoms with Crippen LogP contribution in [0.2, 0.25) is 0 Å². The van der Waals surface area contributed by atoms with Gasteiger partial charge in [-0.05, 0) is 36.2 Å². The molecular formula is C13H18N2S. The van der Waals surface area contributed by atoms with E-state index < -0.39 is 0 Å². The van der Waals surface area contributed by atoms with Gasteiger partial charge in [0.25, 0.3) is 0 Å². The second kappa shape index (κ2) is 4.53. The minimum atomic E-state index is 0.00302. The number of rotatable bonds is 4. The molecule has 0 saturated carbocycles. The third-order valence-electron chi connectivity index (χ3n) is 2.83. The topological polar surface area (TPSA) is 38.0 Å². The molecule has 1 aromatic carbocycles. The molecule has 2 rings (SSSR count). The van der Waals surface area contributed by atoms with Crippen molar-refractivity contribution in [2.45, 2.75) is 25.9 Å². The standard InChI is InChI=1S/C13H18N2S/c1-13(2,9-14)15-7-10-8-16-12-6-4-3-5-11(10)12/h3-6,8,15H,7,9,14H2,1-2H3. The van der Waals surface area contributed by atoms with Gasteiger partial charge in [-0.3, -0.25) is 0 Å². The lowest BCUT2D eigenvalue weighted by molar-refractivity contribution is 0.397. The van der Waals surface area contributed by atoms with E-state index in [1.54, 1.807) is 11.3 Å². The summed E-state index contributed by atoms with van der Waals surface area (Å²) in [6, 6.07) is 8.52. The molecule has 0 aliphatic rings. The molecule has 1 aromatic heterocycles. The van der Waals surface area contributed by atoms with Crippen LogP contribution in [0, 0.1) is 0 Å². The number of nitrogens with two attached hydrogens (primary N) is 1. The molecule has 3 N–H and O–H groups in total. The average molecular weight is 234 g/mol. The van der Waals surface area contributed by atoms with Gasteiger partial charge >= 0.3 is 0 Å². The predicted octanol–water partition coefficient (Wildman–Crippen LogP) is 2.73. The monoisotopic (exact) mass is 234 g/mol. The molecule has 0 spiro atoms. The van der Waals surface area contributed by atoms with Crippen LogP contribution in [0.1, 0.15) is 19.4 Å². The molecule has 16 heavy (non-hydrogen) atoms. The first-order valence-corrected chi connectivity index (χ1v) is 6.40. The van der Waals surface area contributed by atoms with Crippen LogP contribution in [0.5, 0.6) is 0 Å². The fourth-order valence-corrected chi connectivity index (χ4v) is 2.54. The highest BCUT2D eigenvalue weighted by molar-refractivity contribution is 7.17. The van der Waals surface area contributed by atoms with Crippen molar-refractivity contribution in [2.75, 3.05) is 6.54 Å². The van der Waals surface area contributed by atoms with E-state index in [1.807, 2.05) is 0 Å². The Morgan fingerprint density at radius 2 is 2.06 bits per heavy atom. The van der Waals surface area contributed by atoms with Crippen molar-refractivity contribution in [1.82, 2.24) is 5.32 Å². The van der Waals surface area contributed by atoms with Crippen molar-refractivity contribution in [1.29, 1.82) is 0 Å². The van der Waals surface area contributed by atoms with E-state index in [0.29, 0.717) is 6.54 Å². The van der Waals surface area contributed by atoms with E-state index in [2.05, 4.69) is 48.8 Å². The quantitative estimate of drug-likeness (QED) is 0.853. The Bertz CT molecular complexity index is 473. The fourth-order valence-electron chi connectivity index (χ4n) is 1.58. The van der Waals surface area contributed by atoms with E-state index >= 15 is 0 Å². The van der Waals surface area contributed by atoms with Crippen LogP contribution in [0.4, 0.5) is 0 Å². The highest BCUT2D eigenvalue weighted by atomic mass is 32.1. The molecule has 0 atom stereocenters. The van der Waals surface area contributed by atoms with Crippen molar-refractivity contribution >= 4 is 21.4 Å². The normalized spacial score (nSPS) is 12.2. The number of thiophene rings is 1. The zero-order chi connectivity index (χ0) is 11.6. The predicted molar refractivity (Wildman–Crippen MR) is 71.8 cm³/mol. The third kappa shape index (κ3) is 2.43. The van der Waals surface area contributed by atoms with Gasteiger partial charge in [0.05, 0.1) is 0 Å². The summed E-state index contributed by atoms with van der Waals surface area (Å²) in [4.78, 5) is 0. The summed E-state index contributed by atoms with van der Waals surface area (Å²) in [5, 5.41) is 7.07. The van der Waals surface area contributed by atoms with Crippen molar-refractivity contribution < 1.29 is 0 Å². The Hall–Kier alpha value is -0.900. The average Bonchev–Trinajstić information content (AvgIpc) is 2.70. The molecule has 0 radical (unpaired) electrons. The van der Waals surface area contributed by atoms with E-state index in [0.717, 1.165) is 6.54 Å². The van der Waals surface area contributed by atoms with Gasteiger partial charge in [0.1, 0.15) is 0 Å². The second-order valence-electron chi connectivity index (χ2n) is 4.70. The molecule has 0 fully saturated rings. The van der Waals surface area contributed by atoms with Crippen LogP contribution in [0.15, 0.2) is 29.6 Å². The molecule has 0 aliphatic carbocycles. The summed E-state index contributed by atoms with van der Waals surface area (Å²) in [5.41, 5.74) is 7.06. The maximum atomic E-state index is 5.70. The van der Waals surface area contributed by atoms with E-state index in [9.17, 15) is 0 Å². The zero-order valence-electron chi connectivity index (χ0n) is 9.79. The Balaban J connectivity index is 2.16. The smallest absolute Gasteiger partial charge is 0.0346 e. The van der Waals surface area contributed by atoms with Crippen LogP contribution in [0.25, 0.3) is 10.1 Å². The van der Waals surface area contributed by atoms with Crippen LogP contribution >= 0.6 is 11.3 Å². The summed E-state index contributed by atoms with van der Waals surface area (Å²) in [6.45, 7) is 5.78. The van der Waals surface area contributed by atoms with Crippen LogP contribution < -0.4 is 11.1 Å². The molecule has 86 valence electrons. The van der Waals surface area contributed by atoms with Crippen molar-refractivity contribution in [2.24, 2.45) is 5.73 Å². The highest BCUT2D eigenvalue weighted by Gasteiger charge is 2.14. The summed E-state index contributed by atoms with van der Waals surface area (Å²) in [5.74, 6) is 0. The first-order valence-electron chi connectivity index (χ1n) is 5.52. The molecule has 0 saturated heterocycles. The maximum Gasteiger partial charge on any atom is 0.0346 e. The zero-order valence-corrected chi connectivity index (χ0v) is 10.6. The van der Waals surface area contributed by atoms with Crippen LogP contribution in [0.3, 0.4) is 0 Å². The van der Waals surface area contributed by atoms with Gasteiger partial charge in [-0.15, -0.1) is 11.3 Å². The first kappa shape index (κ1) is 11.6. The minimum Gasteiger partial charge on any atom is -0.329 e. The molecule has 0 unspecified atom stereocenters. The summed E-state index contributed by atoms with van der Waals surface area (Å²) in [6.07, 6.45) is 0. The lowest BCUT2D eigenvalue weighted by atomic mass is 10.1. The summed E-state index contributed by atoms with van der Waals surface area (Å²) in [7, 11) is 0. The number of nitrogens with one attached hydrogen (secondary N) is 1. The molecule has 1 heterocycles. The third-order valence-corrected chi connectivity index (χ3v) is 3.84. The Kier molecular flexibility index (Phi) is 3.28. The van der Waals surface area contributed by atoms with Gasteiger partial charge in [-0.2, -0.15) is 0 Å². The van der Waals surface area contributed by atoms with Gasteiger partial charge in [-0.1, -0.05) is 18.2 Å². The van der Waals surface area contributed by atoms with Crippen molar-refractivity contribution in [3.63, 3.8) is 0 Å². The van der Waals surface area contributed by atoms with Crippen LogP contribution in [-0.2, 0) is 6.54 Å². The Morgan fingerprint density at radius 3 is 2.81 bits per heavy atom. The summed E-state index contributed by atoms with van der Waals surface area (Å²) < 4.78 is 1.35. The molecule has 2 aromatic rings. The highest BCUT2D eigenvalue weighted by Crippen LogP contribution is 2.25. The first-order chi connectivity index (χ1) is 7.62. The number of hydrogen-bond donors (Lipinski definition) is 2. The minimum absolute atomic E-state index is 0.00302. The molecule has 0 bridgehead atoms. The Labute approximate surface area is 100 Å². The van der Waals surface area contributed by atoms with Gasteiger partial charge in [-0.25, -0.2) is 0 Å². The van der Waals surface area contributed by atoms with Gasteiger partial charge in [0, 0.05) is 23.3 Å². The van der Waals surface area contributed by atoms with Crippen molar-refractivity contribution in [3.8, 4) is 0 Å². The van der Waals surface area contributed by atoms with Gasteiger partial charge in [0.2, 0.25) is 0 Å². The maximum absolute atomic E-state index is 5.70. The number of fused-ring (bicyclic) bond motifs is 1. The second-order valence-corrected chi connectivity index (χ2v) is 5.61. The van der Waals surface area contributed by atoms with E-state index in [-0.39, 0.29) is 5.54 Å². The fraction of sp³-hybridized carbons (Fsp3) is 0.385. The van der Waals surface area contributed by atoms with Gasteiger partial charge in [0.15, 0.2) is 0 Å². The molecule has 0 aliphatic heterocycles. The molecule has 2 nitrogen and oxygen atoms in total.